The molecule has 174 valence electrons. The Labute approximate surface area is 203 Å². The van der Waals surface area contributed by atoms with Crippen LogP contribution in [0.4, 0.5) is 0 Å². The van der Waals surface area contributed by atoms with Crippen LogP contribution in [0.25, 0.3) is 10.9 Å². The first-order valence-corrected chi connectivity index (χ1v) is 12.5. The molecule has 3 aromatic rings. The Morgan fingerprint density at radius 2 is 1.94 bits per heavy atom. The molecule has 1 aliphatic rings. The molecule has 33 heavy (non-hydrogen) atoms. The highest BCUT2D eigenvalue weighted by molar-refractivity contribution is 9.10. The first-order chi connectivity index (χ1) is 15.9. The number of nitrogens with zero attached hydrogens (tertiary/aromatic N) is 4. The van der Waals surface area contributed by atoms with Crippen LogP contribution in [0, 0.1) is 0 Å². The van der Waals surface area contributed by atoms with Gasteiger partial charge in [0.2, 0.25) is 0 Å². The molecule has 0 radical (unpaired) electrons. The molecule has 1 aromatic heterocycles. The van der Waals surface area contributed by atoms with Crippen molar-refractivity contribution in [2.75, 3.05) is 19.6 Å². The normalized spacial score (nSPS) is 17.9. The molecule has 0 bridgehead atoms. The molecule has 1 aliphatic heterocycles. The second-order valence-electron chi connectivity index (χ2n) is 8.72. The second kappa shape index (κ2) is 10.2. The highest BCUT2D eigenvalue weighted by Crippen LogP contribution is 2.27. The predicted octanol–water partition coefficient (Wildman–Crippen LogP) is 4.87. The topological polar surface area (TPSA) is 58.4 Å². The van der Waals surface area contributed by atoms with Gasteiger partial charge in [0.15, 0.2) is 0 Å². The Bertz CT molecular complexity index is 1210. The lowest BCUT2D eigenvalue weighted by Crippen LogP contribution is -2.55. The fourth-order valence-electron chi connectivity index (χ4n) is 4.84. The standard InChI is InChI=1S/C26H31BrN4O2/c1-4-13-31-24(28-22-12-7-6-11-21(22)26(31)33)23(5-2)29-14-15-30(18(3)17-29)25(32)19-9-8-10-20(27)16-19/h6-12,16,18,23H,4-5,13-15,17H2,1-3H3. The summed E-state index contributed by atoms with van der Waals surface area (Å²) in [7, 11) is 0. The molecule has 7 heteroatoms. The summed E-state index contributed by atoms with van der Waals surface area (Å²) in [6.45, 7) is 9.12. The van der Waals surface area contributed by atoms with Gasteiger partial charge < -0.3 is 4.90 Å². The predicted molar refractivity (Wildman–Crippen MR) is 136 cm³/mol. The van der Waals surface area contributed by atoms with Crippen molar-refractivity contribution in [3.8, 4) is 0 Å². The van der Waals surface area contributed by atoms with E-state index in [2.05, 4.69) is 41.6 Å². The average molecular weight is 511 g/mol. The van der Waals surface area contributed by atoms with Crippen molar-refractivity contribution < 1.29 is 4.79 Å². The number of carbonyl (C=O) groups excluding carboxylic acids is 1. The molecule has 1 amide bonds. The van der Waals surface area contributed by atoms with Gasteiger partial charge in [-0.3, -0.25) is 19.1 Å². The van der Waals surface area contributed by atoms with Crippen molar-refractivity contribution in [3.63, 3.8) is 0 Å². The Hall–Kier alpha value is -2.51. The number of halogens is 1. The number of benzene rings is 2. The van der Waals surface area contributed by atoms with Crippen LogP contribution in [-0.4, -0.2) is 50.9 Å². The maximum Gasteiger partial charge on any atom is 0.261 e. The van der Waals surface area contributed by atoms with Gasteiger partial charge in [0.05, 0.1) is 16.9 Å². The van der Waals surface area contributed by atoms with Crippen LogP contribution in [0.1, 0.15) is 55.8 Å². The maximum atomic E-state index is 13.3. The minimum atomic E-state index is 0.0272. The number of amides is 1. The van der Waals surface area contributed by atoms with Gasteiger partial charge in [-0.1, -0.05) is 48.0 Å². The van der Waals surface area contributed by atoms with E-state index in [1.54, 1.807) is 0 Å². The summed E-state index contributed by atoms with van der Waals surface area (Å²) >= 11 is 3.46. The number of hydrogen-bond acceptors (Lipinski definition) is 4. The molecule has 1 fully saturated rings. The summed E-state index contributed by atoms with van der Waals surface area (Å²) < 4.78 is 2.77. The second-order valence-corrected chi connectivity index (χ2v) is 9.64. The molecule has 0 aliphatic carbocycles. The average Bonchev–Trinajstić information content (AvgIpc) is 2.81. The van der Waals surface area contributed by atoms with E-state index < -0.39 is 0 Å². The zero-order valence-corrected chi connectivity index (χ0v) is 21.1. The molecule has 1 saturated heterocycles. The molecular formula is C26H31BrN4O2. The number of carbonyl (C=O) groups is 1. The molecule has 2 heterocycles. The molecule has 6 nitrogen and oxygen atoms in total. The van der Waals surface area contributed by atoms with Crippen molar-refractivity contribution in [1.29, 1.82) is 0 Å². The van der Waals surface area contributed by atoms with E-state index >= 15 is 0 Å². The van der Waals surface area contributed by atoms with Crippen molar-refractivity contribution in [2.45, 2.75) is 52.2 Å². The largest absolute Gasteiger partial charge is 0.333 e. The SMILES string of the molecule is CCCn1c(C(CC)N2CCN(C(=O)c3cccc(Br)c3)C(C)C2)nc2ccccc2c1=O. The van der Waals surface area contributed by atoms with Gasteiger partial charge in [-0.2, -0.15) is 0 Å². The van der Waals surface area contributed by atoms with E-state index in [1.165, 1.54) is 0 Å². The number of piperazine rings is 1. The van der Waals surface area contributed by atoms with Gasteiger partial charge >= 0.3 is 0 Å². The van der Waals surface area contributed by atoms with Crippen molar-refractivity contribution in [1.82, 2.24) is 19.4 Å². The molecule has 2 atom stereocenters. The Balaban J connectivity index is 1.62. The van der Waals surface area contributed by atoms with Crippen molar-refractivity contribution in [2.24, 2.45) is 0 Å². The lowest BCUT2D eigenvalue weighted by molar-refractivity contribution is 0.0360. The fourth-order valence-corrected chi connectivity index (χ4v) is 5.24. The van der Waals surface area contributed by atoms with Gasteiger partial charge in [0, 0.05) is 42.3 Å². The Morgan fingerprint density at radius 1 is 1.15 bits per heavy atom. The number of hydrogen-bond donors (Lipinski definition) is 0. The summed E-state index contributed by atoms with van der Waals surface area (Å²) in [6.07, 6.45) is 1.72. The first kappa shape index (κ1) is 23.6. The minimum Gasteiger partial charge on any atom is -0.333 e. The van der Waals surface area contributed by atoms with E-state index in [0.29, 0.717) is 24.0 Å². The van der Waals surface area contributed by atoms with Crippen LogP contribution < -0.4 is 5.56 Å². The first-order valence-electron chi connectivity index (χ1n) is 11.7. The van der Waals surface area contributed by atoms with Gasteiger partial charge in [-0.15, -0.1) is 0 Å². The van der Waals surface area contributed by atoms with Gasteiger partial charge in [-0.05, 0) is 50.1 Å². The smallest absolute Gasteiger partial charge is 0.261 e. The number of rotatable bonds is 6. The Morgan fingerprint density at radius 3 is 2.64 bits per heavy atom. The van der Waals surface area contributed by atoms with Crippen LogP contribution in [0.2, 0.25) is 0 Å². The minimum absolute atomic E-state index is 0.0272. The van der Waals surface area contributed by atoms with Crippen LogP contribution in [0.5, 0.6) is 0 Å². The van der Waals surface area contributed by atoms with E-state index in [1.807, 2.05) is 58.0 Å². The summed E-state index contributed by atoms with van der Waals surface area (Å²) in [5.41, 5.74) is 1.48. The third-order valence-electron chi connectivity index (χ3n) is 6.46. The number of fused-ring (bicyclic) bond motifs is 1. The molecular weight excluding hydrogens is 480 g/mol. The molecule has 4 rings (SSSR count). The molecule has 0 spiro atoms. The monoisotopic (exact) mass is 510 g/mol. The highest BCUT2D eigenvalue weighted by atomic mass is 79.9. The highest BCUT2D eigenvalue weighted by Gasteiger charge is 2.33. The van der Waals surface area contributed by atoms with Gasteiger partial charge in [0.25, 0.3) is 11.5 Å². The molecule has 2 aromatic carbocycles. The fraction of sp³-hybridized carbons (Fsp3) is 0.423. The summed E-state index contributed by atoms with van der Waals surface area (Å²) in [4.78, 5) is 35.7. The molecule has 2 unspecified atom stereocenters. The van der Waals surface area contributed by atoms with Gasteiger partial charge in [0.1, 0.15) is 5.82 Å². The Kier molecular flexibility index (Phi) is 7.29. The third-order valence-corrected chi connectivity index (χ3v) is 6.95. The van der Waals surface area contributed by atoms with Crippen LogP contribution in [0.3, 0.4) is 0 Å². The summed E-state index contributed by atoms with van der Waals surface area (Å²) in [5.74, 6) is 0.894. The van der Waals surface area contributed by atoms with Gasteiger partial charge in [-0.25, -0.2) is 4.98 Å². The number of aromatic nitrogens is 2. The lowest BCUT2D eigenvalue weighted by Gasteiger charge is -2.43. The zero-order valence-electron chi connectivity index (χ0n) is 19.5. The van der Waals surface area contributed by atoms with Crippen LogP contribution in [-0.2, 0) is 6.54 Å². The van der Waals surface area contributed by atoms with E-state index in [4.69, 9.17) is 4.98 Å². The number of para-hydroxylation sites is 1. The van der Waals surface area contributed by atoms with Crippen LogP contribution in [0.15, 0.2) is 57.8 Å². The van der Waals surface area contributed by atoms with Crippen molar-refractivity contribution >= 4 is 32.7 Å². The summed E-state index contributed by atoms with van der Waals surface area (Å²) in [6, 6.07) is 15.2. The zero-order chi connectivity index (χ0) is 23.5. The molecule has 0 saturated carbocycles. The quantitative estimate of drug-likeness (QED) is 0.474. The molecule has 0 N–H and O–H groups in total. The lowest BCUT2D eigenvalue weighted by atomic mass is 10.1. The van der Waals surface area contributed by atoms with E-state index in [-0.39, 0.29) is 23.6 Å². The maximum absolute atomic E-state index is 13.3. The van der Waals surface area contributed by atoms with E-state index in [0.717, 1.165) is 41.7 Å². The van der Waals surface area contributed by atoms with Crippen LogP contribution >= 0.6 is 15.9 Å². The van der Waals surface area contributed by atoms with Crippen molar-refractivity contribution in [3.05, 3.63) is 74.7 Å². The third kappa shape index (κ3) is 4.75. The summed E-state index contributed by atoms with van der Waals surface area (Å²) in [5, 5.41) is 0.669. The van der Waals surface area contributed by atoms with E-state index in [9.17, 15) is 9.59 Å².